The molecule has 1 aromatic carbocycles. The third-order valence-corrected chi connectivity index (χ3v) is 4.46. The summed E-state index contributed by atoms with van der Waals surface area (Å²) in [5.74, 6) is -0.142. The monoisotopic (exact) mass is 384 g/mol. The topological polar surface area (TPSA) is 72.5 Å². The standard InChI is InChI=1S/C13H10BrFN4O2S/c14-9-7-8(1-2-10(9)15)3-4-16-11-12(19(20)21)18-5-6-22-13(18)17-11/h1-2,5-7,16H,3-4H2. The van der Waals surface area contributed by atoms with Crippen LogP contribution in [0.4, 0.5) is 16.0 Å². The number of hydrogen-bond donors (Lipinski definition) is 1. The van der Waals surface area contributed by atoms with Crippen LogP contribution in [-0.2, 0) is 6.42 Å². The molecular formula is C13H10BrFN4O2S. The Hall–Kier alpha value is -2.00. The predicted octanol–water partition coefficient (Wildman–Crippen LogP) is 3.86. The van der Waals surface area contributed by atoms with E-state index < -0.39 is 4.92 Å². The van der Waals surface area contributed by atoms with Crippen molar-refractivity contribution in [3.63, 3.8) is 0 Å². The molecule has 6 nitrogen and oxygen atoms in total. The fourth-order valence-electron chi connectivity index (χ4n) is 2.09. The summed E-state index contributed by atoms with van der Waals surface area (Å²) in [6.07, 6.45) is 2.22. The number of thiazole rings is 1. The molecule has 0 aliphatic carbocycles. The van der Waals surface area contributed by atoms with Gasteiger partial charge in [0.25, 0.3) is 4.96 Å². The Labute approximate surface area is 136 Å². The Morgan fingerprint density at radius 2 is 2.32 bits per heavy atom. The third kappa shape index (κ3) is 2.81. The summed E-state index contributed by atoms with van der Waals surface area (Å²) in [7, 11) is 0. The molecule has 2 heterocycles. The molecule has 0 atom stereocenters. The van der Waals surface area contributed by atoms with Crippen molar-refractivity contribution in [1.29, 1.82) is 0 Å². The molecule has 9 heteroatoms. The number of hydrogen-bond acceptors (Lipinski definition) is 5. The number of nitro groups is 1. The lowest BCUT2D eigenvalue weighted by molar-refractivity contribution is -0.389. The Kier molecular flexibility index (Phi) is 4.08. The summed E-state index contributed by atoms with van der Waals surface area (Å²) in [6, 6.07) is 4.76. The number of imidazole rings is 1. The number of rotatable bonds is 5. The van der Waals surface area contributed by atoms with Gasteiger partial charge in [-0.25, -0.2) is 4.39 Å². The van der Waals surface area contributed by atoms with Gasteiger partial charge < -0.3 is 15.4 Å². The molecule has 0 fully saturated rings. The minimum Gasteiger partial charge on any atom is -0.363 e. The van der Waals surface area contributed by atoms with Gasteiger partial charge in [0.1, 0.15) is 12.0 Å². The molecule has 1 N–H and O–H groups in total. The summed E-state index contributed by atoms with van der Waals surface area (Å²) >= 11 is 4.47. The van der Waals surface area contributed by atoms with Crippen LogP contribution in [0.5, 0.6) is 0 Å². The molecule has 0 bridgehead atoms. The number of halogens is 2. The van der Waals surface area contributed by atoms with E-state index in [1.807, 2.05) is 0 Å². The van der Waals surface area contributed by atoms with Gasteiger partial charge in [0.05, 0.1) is 4.47 Å². The van der Waals surface area contributed by atoms with Crippen molar-refractivity contribution in [2.24, 2.45) is 0 Å². The summed E-state index contributed by atoms with van der Waals surface area (Å²) in [6.45, 7) is 0.462. The van der Waals surface area contributed by atoms with Gasteiger partial charge in [-0.1, -0.05) is 17.4 Å². The van der Waals surface area contributed by atoms with Crippen molar-refractivity contribution in [1.82, 2.24) is 9.38 Å². The zero-order chi connectivity index (χ0) is 15.7. The van der Waals surface area contributed by atoms with Crippen molar-refractivity contribution in [3.8, 4) is 0 Å². The summed E-state index contributed by atoms with van der Waals surface area (Å²) < 4.78 is 15.0. The largest absolute Gasteiger partial charge is 0.372 e. The van der Waals surface area contributed by atoms with E-state index in [4.69, 9.17) is 0 Å². The minimum absolute atomic E-state index is 0.0727. The van der Waals surface area contributed by atoms with Crippen LogP contribution in [0, 0.1) is 15.9 Å². The zero-order valence-corrected chi connectivity index (χ0v) is 13.5. The number of aromatic nitrogens is 2. The van der Waals surface area contributed by atoms with E-state index in [1.165, 1.54) is 21.8 Å². The molecule has 0 unspecified atom stereocenters. The van der Waals surface area contributed by atoms with Gasteiger partial charge in [0.15, 0.2) is 0 Å². The summed E-state index contributed by atoms with van der Waals surface area (Å²) in [5.41, 5.74) is 0.921. The Balaban J connectivity index is 1.73. The second-order valence-corrected chi connectivity index (χ2v) is 6.25. The van der Waals surface area contributed by atoms with Crippen molar-refractivity contribution in [2.45, 2.75) is 6.42 Å². The van der Waals surface area contributed by atoms with Crippen LogP contribution in [0.15, 0.2) is 34.2 Å². The predicted molar refractivity (Wildman–Crippen MR) is 86.0 cm³/mol. The molecule has 3 aromatic rings. The van der Waals surface area contributed by atoms with Crippen LogP contribution < -0.4 is 5.32 Å². The van der Waals surface area contributed by atoms with Crippen LogP contribution in [0.1, 0.15) is 5.56 Å². The van der Waals surface area contributed by atoms with E-state index in [2.05, 4.69) is 26.2 Å². The van der Waals surface area contributed by atoms with Gasteiger partial charge >= 0.3 is 5.82 Å². The maximum Gasteiger partial charge on any atom is 0.372 e. The first-order chi connectivity index (χ1) is 10.6. The number of fused-ring (bicyclic) bond motifs is 1. The van der Waals surface area contributed by atoms with Gasteiger partial charge in [-0.3, -0.25) is 0 Å². The molecule has 0 radical (unpaired) electrons. The van der Waals surface area contributed by atoms with Gasteiger partial charge in [0.2, 0.25) is 5.82 Å². The maximum atomic E-state index is 13.2. The lowest BCUT2D eigenvalue weighted by Crippen LogP contribution is -2.07. The van der Waals surface area contributed by atoms with Crippen LogP contribution in [-0.4, -0.2) is 20.9 Å². The fraction of sp³-hybridized carbons (Fsp3) is 0.154. The molecule has 2 aromatic heterocycles. The summed E-state index contributed by atoms with van der Waals surface area (Å²) in [4.78, 5) is 15.5. The highest BCUT2D eigenvalue weighted by molar-refractivity contribution is 9.10. The van der Waals surface area contributed by atoms with Crippen molar-refractivity contribution in [2.75, 3.05) is 11.9 Å². The molecule has 0 amide bonds. The first-order valence-corrected chi connectivity index (χ1v) is 8.01. The average Bonchev–Trinajstić information content (AvgIpc) is 3.02. The smallest absolute Gasteiger partial charge is 0.363 e. The van der Waals surface area contributed by atoms with E-state index in [0.717, 1.165) is 5.56 Å². The third-order valence-electron chi connectivity index (χ3n) is 3.10. The van der Waals surface area contributed by atoms with Crippen LogP contribution >= 0.6 is 27.3 Å². The van der Waals surface area contributed by atoms with E-state index in [1.54, 1.807) is 23.7 Å². The number of anilines is 1. The average molecular weight is 385 g/mol. The fourth-order valence-corrected chi connectivity index (χ4v) is 3.22. The summed E-state index contributed by atoms with van der Waals surface area (Å²) in [5, 5.41) is 15.9. The molecular weight excluding hydrogens is 375 g/mol. The Morgan fingerprint density at radius 1 is 1.50 bits per heavy atom. The van der Waals surface area contributed by atoms with Gasteiger partial charge in [-0.15, -0.1) is 0 Å². The maximum absolute atomic E-state index is 13.2. The molecule has 22 heavy (non-hydrogen) atoms. The molecule has 0 saturated heterocycles. The number of nitrogens with zero attached hydrogens (tertiary/aromatic N) is 3. The Bertz CT molecular complexity index is 848. The van der Waals surface area contributed by atoms with E-state index >= 15 is 0 Å². The van der Waals surface area contributed by atoms with Crippen LogP contribution in [0.3, 0.4) is 0 Å². The molecule has 114 valence electrons. The molecule has 3 rings (SSSR count). The molecule has 0 aliphatic heterocycles. The van der Waals surface area contributed by atoms with E-state index in [-0.39, 0.29) is 17.5 Å². The lowest BCUT2D eigenvalue weighted by atomic mass is 10.1. The molecule has 0 aliphatic rings. The SMILES string of the molecule is O=[N+]([O-])c1c(NCCc2ccc(F)c(Br)c2)nc2sccn12. The molecule has 0 saturated carbocycles. The second-order valence-electron chi connectivity index (χ2n) is 4.52. The highest BCUT2D eigenvalue weighted by Crippen LogP contribution is 2.28. The normalized spacial score (nSPS) is 11.0. The number of benzene rings is 1. The van der Waals surface area contributed by atoms with Crippen molar-refractivity contribution in [3.05, 3.63) is 55.7 Å². The van der Waals surface area contributed by atoms with E-state index in [0.29, 0.717) is 22.4 Å². The van der Waals surface area contributed by atoms with Gasteiger partial charge in [-0.2, -0.15) is 9.38 Å². The van der Waals surface area contributed by atoms with Crippen molar-refractivity contribution >= 4 is 43.9 Å². The molecule has 0 spiro atoms. The Morgan fingerprint density at radius 3 is 3.05 bits per heavy atom. The minimum atomic E-state index is -0.455. The van der Waals surface area contributed by atoms with E-state index in [9.17, 15) is 14.5 Å². The van der Waals surface area contributed by atoms with Gasteiger partial charge in [-0.05, 0) is 45.0 Å². The first-order valence-electron chi connectivity index (χ1n) is 6.34. The zero-order valence-electron chi connectivity index (χ0n) is 11.1. The van der Waals surface area contributed by atoms with Gasteiger partial charge in [0, 0.05) is 11.9 Å². The van der Waals surface area contributed by atoms with Crippen molar-refractivity contribution < 1.29 is 9.31 Å². The highest BCUT2D eigenvalue weighted by atomic mass is 79.9. The number of nitrogens with one attached hydrogen (secondary N) is 1. The first kappa shape index (κ1) is 14.9. The lowest BCUT2D eigenvalue weighted by Gasteiger charge is -2.05. The van der Waals surface area contributed by atoms with Crippen LogP contribution in [0.2, 0.25) is 0 Å². The van der Waals surface area contributed by atoms with Crippen LogP contribution in [0.25, 0.3) is 4.96 Å². The quantitative estimate of drug-likeness (QED) is 0.535. The highest BCUT2D eigenvalue weighted by Gasteiger charge is 2.23. The second kappa shape index (κ2) is 6.01.